The molecule has 0 amide bonds. The summed E-state index contributed by atoms with van der Waals surface area (Å²) in [5.74, 6) is 0. The van der Waals surface area contributed by atoms with Crippen LogP contribution in [0.4, 0.5) is 0 Å². The fourth-order valence-electron chi connectivity index (χ4n) is 7.02. The van der Waals surface area contributed by atoms with Crippen LogP contribution in [0.5, 0.6) is 0 Å². The topological polar surface area (TPSA) is 136 Å². The number of aliphatic hydroxyl groups excluding tert-OH is 3. The van der Waals surface area contributed by atoms with Gasteiger partial charge in [-0.05, 0) is 54.1 Å². The first kappa shape index (κ1) is 48.2. The lowest BCUT2D eigenvalue weighted by atomic mass is 10.1. The van der Waals surface area contributed by atoms with Gasteiger partial charge >= 0.3 is 17.1 Å². The Morgan fingerprint density at radius 1 is 0.423 bits per heavy atom. The van der Waals surface area contributed by atoms with Crippen molar-refractivity contribution in [2.75, 3.05) is 60.9 Å². The van der Waals surface area contributed by atoms with Gasteiger partial charge in [0, 0.05) is 19.6 Å². The molecule has 0 bridgehead atoms. The zero-order valence-corrected chi connectivity index (χ0v) is 34.3. The van der Waals surface area contributed by atoms with Crippen molar-refractivity contribution in [3.05, 3.63) is 31.5 Å². The van der Waals surface area contributed by atoms with Crippen LogP contribution in [0.2, 0.25) is 0 Å². The third-order valence-corrected chi connectivity index (χ3v) is 9.97. The van der Waals surface area contributed by atoms with Gasteiger partial charge in [-0.1, -0.05) is 129 Å². The Labute approximate surface area is 315 Å². The molecule has 0 saturated heterocycles. The number of nitrogens with zero attached hydrogens (tertiary/aromatic N) is 6. The molecule has 0 radical (unpaired) electrons. The van der Waals surface area contributed by atoms with E-state index < -0.39 is 35.4 Å². The lowest BCUT2D eigenvalue weighted by Crippen LogP contribution is -2.58. The van der Waals surface area contributed by atoms with E-state index in [9.17, 15) is 29.7 Å². The standard InChI is InChI=1S/C40H80N6O6/c1-7-9-11-13-15-17-19-21-23-25-27-42(5)30-36(48)33-45-38(50)44(32-35(47)29-41(3)4)39(51)46(40(45)52)34-37(49)31-43(6)28-26-24-22-20-18-16-14-12-10-8-2/h35-37,47-49H,7-34H2,1-6H3. The number of likely N-dealkylation sites (N-methyl/N-ethyl adjacent to an activating group) is 3. The second-order valence-electron chi connectivity index (χ2n) is 15.8. The maximum absolute atomic E-state index is 13.6. The van der Waals surface area contributed by atoms with Gasteiger partial charge in [0.05, 0.1) is 37.9 Å². The van der Waals surface area contributed by atoms with Crippen molar-refractivity contribution < 1.29 is 15.3 Å². The maximum atomic E-state index is 13.6. The molecule has 0 aromatic carbocycles. The maximum Gasteiger partial charge on any atom is 0.336 e. The summed E-state index contributed by atoms with van der Waals surface area (Å²) in [5, 5.41) is 32.6. The van der Waals surface area contributed by atoms with Crippen LogP contribution in [-0.2, 0) is 19.6 Å². The highest BCUT2D eigenvalue weighted by Gasteiger charge is 2.22. The number of rotatable bonds is 34. The van der Waals surface area contributed by atoms with Gasteiger partial charge in [-0.3, -0.25) is 0 Å². The molecule has 3 N–H and O–H groups in total. The molecule has 0 aliphatic rings. The van der Waals surface area contributed by atoms with E-state index in [1.165, 1.54) is 103 Å². The molecule has 0 saturated carbocycles. The molecule has 3 atom stereocenters. The van der Waals surface area contributed by atoms with Crippen molar-refractivity contribution in [1.29, 1.82) is 0 Å². The van der Waals surface area contributed by atoms with Gasteiger partial charge in [0.2, 0.25) is 0 Å². The third-order valence-electron chi connectivity index (χ3n) is 9.97. The molecule has 0 fully saturated rings. The molecule has 0 aliphatic carbocycles. The summed E-state index contributed by atoms with van der Waals surface area (Å²) in [6, 6.07) is 0. The van der Waals surface area contributed by atoms with Crippen LogP contribution in [0.25, 0.3) is 0 Å². The second kappa shape index (κ2) is 29.5. The van der Waals surface area contributed by atoms with E-state index in [2.05, 4.69) is 13.8 Å². The van der Waals surface area contributed by atoms with Gasteiger partial charge in [-0.15, -0.1) is 0 Å². The molecule has 12 nitrogen and oxygen atoms in total. The summed E-state index contributed by atoms with van der Waals surface area (Å²) in [6.07, 6.45) is 21.8. The van der Waals surface area contributed by atoms with E-state index >= 15 is 0 Å². The summed E-state index contributed by atoms with van der Waals surface area (Å²) in [6.45, 7) is 5.90. The first-order valence-electron chi connectivity index (χ1n) is 20.9. The largest absolute Gasteiger partial charge is 0.390 e. The number of hydrogen-bond donors (Lipinski definition) is 3. The Bertz CT molecular complexity index is 1120. The minimum Gasteiger partial charge on any atom is -0.390 e. The van der Waals surface area contributed by atoms with Crippen LogP contribution in [0.1, 0.15) is 142 Å². The molecule has 52 heavy (non-hydrogen) atoms. The average Bonchev–Trinajstić information content (AvgIpc) is 3.08. The molecule has 1 rings (SSSR count). The van der Waals surface area contributed by atoms with E-state index in [4.69, 9.17) is 0 Å². The van der Waals surface area contributed by atoms with Crippen LogP contribution >= 0.6 is 0 Å². The van der Waals surface area contributed by atoms with Crippen LogP contribution in [0.3, 0.4) is 0 Å². The molecule has 306 valence electrons. The Morgan fingerprint density at radius 2 is 0.673 bits per heavy atom. The molecule has 0 aliphatic heterocycles. The monoisotopic (exact) mass is 741 g/mol. The molecule has 12 heteroatoms. The Kier molecular flexibility index (Phi) is 27.4. The Balaban J connectivity index is 2.80. The predicted octanol–water partition coefficient (Wildman–Crippen LogP) is 4.52. The third kappa shape index (κ3) is 21.8. The summed E-state index contributed by atoms with van der Waals surface area (Å²) >= 11 is 0. The first-order chi connectivity index (χ1) is 24.9. The SMILES string of the molecule is CCCCCCCCCCCCN(C)CC(O)Cn1c(=O)n(CC(O)CN(C)C)c(=O)n(CC(O)CN(C)CCCCCCCCCCCC)c1=O. The summed E-state index contributed by atoms with van der Waals surface area (Å²) < 4.78 is 2.61. The summed E-state index contributed by atoms with van der Waals surface area (Å²) in [4.78, 5) is 46.4. The van der Waals surface area contributed by atoms with Gasteiger partial charge in [0.15, 0.2) is 0 Å². The highest BCUT2D eigenvalue weighted by molar-refractivity contribution is 4.83. The van der Waals surface area contributed by atoms with Crippen molar-refractivity contribution in [3.63, 3.8) is 0 Å². The minimum absolute atomic E-state index is 0.212. The second-order valence-corrected chi connectivity index (χ2v) is 15.8. The minimum atomic E-state index is -1.03. The number of unbranched alkanes of at least 4 members (excludes halogenated alkanes) is 18. The Morgan fingerprint density at radius 3 is 0.942 bits per heavy atom. The predicted molar refractivity (Wildman–Crippen MR) is 214 cm³/mol. The zero-order valence-electron chi connectivity index (χ0n) is 34.3. The fourth-order valence-corrected chi connectivity index (χ4v) is 7.02. The molecule has 3 unspecified atom stereocenters. The van der Waals surface area contributed by atoms with E-state index in [1.807, 2.05) is 23.9 Å². The molecular formula is C40H80N6O6. The highest BCUT2D eigenvalue weighted by atomic mass is 16.3. The van der Waals surface area contributed by atoms with Crippen molar-refractivity contribution in [3.8, 4) is 0 Å². The molecular weight excluding hydrogens is 660 g/mol. The molecule has 1 heterocycles. The van der Waals surface area contributed by atoms with Crippen LogP contribution < -0.4 is 17.1 Å². The van der Waals surface area contributed by atoms with Gasteiger partial charge in [-0.25, -0.2) is 28.1 Å². The highest BCUT2D eigenvalue weighted by Crippen LogP contribution is 2.12. The van der Waals surface area contributed by atoms with Crippen LogP contribution in [0, 0.1) is 0 Å². The van der Waals surface area contributed by atoms with E-state index in [-0.39, 0.29) is 39.3 Å². The van der Waals surface area contributed by atoms with Crippen molar-refractivity contribution >= 4 is 0 Å². The lowest BCUT2D eigenvalue weighted by molar-refractivity contribution is 0.0923. The lowest BCUT2D eigenvalue weighted by Gasteiger charge is -2.24. The van der Waals surface area contributed by atoms with E-state index in [0.717, 1.165) is 52.5 Å². The van der Waals surface area contributed by atoms with Crippen molar-refractivity contribution in [2.24, 2.45) is 0 Å². The average molecular weight is 741 g/mol. The zero-order chi connectivity index (χ0) is 38.7. The van der Waals surface area contributed by atoms with Gasteiger partial charge in [0.1, 0.15) is 0 Å². The van der Waals surface area contributed by atoms with E-state index in [1.54, 1.807) is 19.0 Å². The fraction of sp³-hybridized carbons (Fsp3) is 0.925. The Hall–Kier alpha value is -1.83. The summed E-state index contributed by atoms with van der Waals surface area (Å²) in [7, 11) is 7.38. The van der Waals surface area contributed by atoms with E-state index in [0.29, 0.717) is 0 Å². The van der Waals surface area contributed by atoms with Crippen LogP contribution in [0.15, 0.2) is 14.4 Å². The van der Waals surface area contributed by atoms with Crippen molar-refractivity contribution in [1.82, 2.24) is 28.4 Å². The normalized spacial score (nSPS) is 13.8. The molecule has 0 spiro atoms. The molecule has 1 aromatic heterocycles. The smallest absolute Gasteiger partial charge is 0.336 e. The van der Waals surface area contributed by atoms with Gasteiger partial charge < -0.3 is 30.0 Å². The van der Waals surface area contributed by atoms with Gasteiger partial charge in [-0.2, -0.15) is 0 Å². The van der Waals surface area contributed by atoms with Crippen LogP contribution in [-0.4, -0.2) is 123 Å². The first-order valence-corrected chi connectivity index (χ1v) is 20.9. The van der Waals surface area contributed by atoms with Crippen molar-refractivity contribution in [2.45, 2.75) is 180 Å². The number of aromatic nitrogens is 3. The summed E-state index contributed by atoms with van der Waals surface area (Å²) in [5.41, 5.74) is -2.60. The quantitative estimate of drug-likeness (QED) is 0.0872. The molecule has 1 aromatic rings. The van der Waals surface area contributed by atoms with Gasteiger partial charge in [0.25, 0.3) is 0 Å². The number of aliphatic hydroxyl groups is 3. The number of hydrogen-bond acceptors (Lipinski definition) is 9.